The Morgan fingerprint density at radius 3 is 2.47 bits per heavy atom. The van der Waals surface area contributed by atoms with Crippen LogP contribution in [-0.2, 0) is 4.79 Å². The lowest BCUT2D eigenvalue weighted by molar-refractivity contribution is -0.129. The summed E-state index contributed by atoms with van der Waals surface area (Å²) in [6.45, 7) is 4.64. The van der Waals surface area contributed by atoms with Crippen molar-refractivity contribution >= 4 is 11.6 Å². The Labute approximate surface area is 101 Å². The predicted molar refractivity (Wildman–Crippen MR) is 65.6 cm³/mol. The van der Waals surface area contributed by atoms with Crippen LogP contribution in [0, 0.1) is 11.3 Å². The second-order valence-corrected chi connectivity index (χ2v) is 4.12. The molecule has 1 aliphatic rings. The van der Waals surface area contributed by atoms with E-state index in [0.29, 0.717) is 5.56 Å². The first kappa shape index (κ1) is 11.5. The van der Waals surface area contributed by atoms with Gasteiger partial charge in [-0.3, -0.25) is 4.79 Å². The molecule has 1 aromatic rings. The number of rotatable bonds is 1. The third-order valence-corrected chi connectivity index (χ3v) is 3.09. The molecule has 4 heteroatoms. The highest BCUT2D eigenvalue weighted by Gasteiger charge is 2.20. The molecule has 0 spiro atoms. The number of piperazine rings is 1. The number of carbonyl (C=O) groups excluding carboxylic acids is 1. The largest absolute Gasteiger partial charge is 0.367 e. The van der Waals surface area contributed by atoms with Crippen LogP contribution in [0.3, 0.4) is 0 Å². The molecule has 1 aromatic carbocycles. The fraction of sp³-hybridized carbons (Fsp3) is 0.385. The second kappa shape index (κ2) is 4.88. The predicted octanol–water partition coefficient (Wildman–Crippen LogP) is 1.23. The summed E-state index contributed by atoms with van der Waals surface area (Å²) in [6.07, 6.45) is 0. The first-order valence-electron chi connectivity index (χ1n) is 5.72. The van der Waals surface area contributed by atoms with Gasteiger partial charge in [0, 0.05) is 33.1 Å². The number of hydrogen-bond donors (Lipinski definition) is 0. The van der Waals surface area contributed by atoms with E-state index in [0.717, 1.165) is 31.9 Å². The molecule has 4 nitrogen and oxygen atoms in total. The van der Waals surface area contributed by atoms with Gasteiger partial charge in [-0.15, -0.1) is 0 Å². The van der Waals surface area contributed by atoms with Crippen molar-refractivity contribution in [2.24, 2.45) is 0 Å². The van der Waals surface area contributed by atoms with E-state index in [9.17, 15) is 4.79 Å². The summed E-state index contributed by atoms with van der Waals surface area (Å²) in [7, 11) is 0. The normalized spacial score (nSPS) is 15.5. The monoisotopic (exact) mass is 229 g/mol. The van der Waals surface area contributed by atoms with Crippen molar-refractivity contribution < 1.29 is 4.79 Å². The van der Waals surface area contributed by atoms with Gasteiger partial charge in [0.2, 0.25) is 5.91 Å². The van der Waals surface area contributed by atoms with E-state index in [1.807, 2.05) is 29.2 Å². The molecule has 1 heterocycles. The quantitative estimate of drug-likeness (QED) is 0.727. The van der Waals surface area contributed by atoms with Gasteiger partial charge < -0.3 is 9.80 Å². The number of nitriles is 1. The van der Waals surface area contributed by atoms with Gasteiger partial charge in [0.15, 0.2) is 0 Å². The van der Waals surface area contributed by atoms with E-state index < -0.39 is 0 Å². The van der Waals surface area contributed by atoms with E-state index in [4.69, 9.17) is 5.26 Å². The zero-order valence-corrected chi connectivity index (χ0v) is 9.89. The molecule has 1 amide bonds. The standard InChI is InChI=1S/C13H15N3O/c1-11(17)15-6-8-16(9-7-15)13-5-3-2-4-12(13)10-14/h2-5H,6-9H2,1H3. The van der Waals surface area contributed by atoms with Crippen molar-refractivity contribution in [1.82, 2.24) is 4.90 Å². The average molecular weight is 229 g/mol. The van der Waals surface area contributed by atoms with Gasteiger partial charge in [-0.1, -0.05) is 12.1 Å². The van der Waals surface area contributed by atoms with Crippen LogP contribution in [0.25, 0.3) is 0 Å². The summed E-state index contributed by atoms with van der Waals surface area (Å²) in [4.78, 5) is 15.2. The summed E-state index contributed by atoms with van der Waals surface area (Å²) in [5, 5.41) is 9.05. The van der Waals surface area contributed by atoms with Crippen LogP contribution < -0.4 is 4.90 Å². The molecule has 1 saturated heterocycles. The highest BCUT2D eigenvalue weighted by molar-refractivity contribution is 5.73. The molecule has 1 fully saturated rings. The van der Waals surface area contributed by atoms with Crippen molar-refractivity contribution in [2.45, 2.75) is 6.92 Å². The summed E-state index contributed by atoms with van der Waals surface area (Å²) < 4.78 is 0. The molecule has 0 bridgehead atoms. The summed E-state index contributed by atoms with van der Waals surface area (Å²) in [6, 6.07) is 9.80. The number of amides is 1. The van der Waals surface area contributed by atoms with Gasteiger partial charge in [0.1, 0.15) is 6.07 Å². The number of benzene rings is 1. The van der Waals surface area contributed by atoms with Crippen LogP contribution in [0.15, 0.2) is 24.3 Å². The summed E-state index contributed by atoms with van der Waals surface area (Å²) in [5.41, 5.74) is 1.67. The Kier molecular flexibility index (Phi) is 3.29. The molecule has 2 rings (SSSR count). The molecule has 0 aliphatic carbocycles. The number of hydrogen-bond acceptors (Lipinski definition) is 3. The Balaban J connectivity index is 2.11. The minimum Gasteiger partial charge on any atom is -0.367 e. The molecule has 17 heavy (non-hydrogen) atoms. The van der Waals surface area contributed by atoms with Crippen molar-refractivity contribution in [3.8, 4) is 6.07 Å². The van der Waals surface area contributed by atoms with Crippen LogP contribution in [0.2, 0.25) is 0 Å². The highest BCUT2D eigenvalue weighted by Crippen LogP contribution is 2.20. The number of carbonyl (C=O) groups is 1. The Hall–Kier alpha value is -2.02. The molecule has 88 valence electrons. The Morgan fingerprint density at radius 1 is 1.24 bits per heavy atom. The molecule has 0 N–H and O–H groups in total. The molecule has 0 atom stereocenters. The summed E-state index contributed by atoms with van der Waals surface area (Å²) in [5.74, 6) is 0.123. The number of nitrogens with zero attached hydrogens (tertiary/aromatic N) is 3. The number of para-hydroxylation sites is 1. The maximum Gasteiger partial charge on any atom is 0.219 e. The molecule has 0 radical (unpaired) electrons. The zero-order chi connectivity index (χ0) is 12.3. The van der Waals surface area contributed by atoms with Gasteiger partial charge in [0.25, 0.3) is 0 Å². The molecule has 0 saturated carbocycles. The second-order valence-electron chi connectivity index (χ2n) is 4.12. The topological polar surface area (TPSA) is 47.3 Å². The third kappa shape index (κ3) is 2.39. The van der Waals surface area contributed by atoms with Crippen LogP contribution in [-0.4, -0.2) is 37.0 Å². The highest BCUT2D eigenvalue weighted by atomic mass is 16.2. The third-order valence-electron chi connectivity index (χ3n) is 3.09. The van der Waals surface area contributed by atoms with Crippen LogP contribution >= 0.6 is 0 Å². The average Bonchev–Trinajstić information content (AvgIpc) is 2.39. The van der Waals surface area contributed by atoms with Gasteiger partial charge in [-0.25, -0.2) is 0 Å². The zero-order valence-electron chi connectivity index (χ0n) is 9.89. The molecular formula is C13H15N3O. The first-order valence-corrected chi connectivity index (χ1v) is 5.72. The van der Waals surface area contributed by atoms with Crippen molar-refractivity contribution in [3.63, 3.8) is 0 Å². The van der Waals surface area contributed by atoms with E-state index in [2.05, 4.69) is 11.0 Å². The van der Waals surface area contributed by atoms with Gasteiger partial charge in [-0.2, -0.15) is 5.26 Å². The van der Waals surface area contributed by atoms with E-state index in [1.54, 1.807) is 6.92 Å². The van der Waals surface area contributed by atoms with Crippen molar-refractivity contribution in [1.29, 1.82) is 5.26 Å². The summed E-state index contributed by atoms with van der Waals surface area (Å²) >= 11 is 0. The first-order chi connectivity index (χ1) is 8.22. The molecule has 1 aliphatic heterocycles. The van der Waals surface area contributed by atoms with Crippen LogP contribution in [0.4, 0.5) is 5.69 Å². The van der Waals surface area contributed by atoms with E-state index in [1.165, 1.54) is 0 Å². The SMILES string of the molecule is CC(=O)N1CCN(c2ccccc2C#N)CC1. The smallest absolute Gasteiger partial charge is 0.219 e. The lowest BCUT2D eigenvalue weighted by Gasteiger charge is -2.35. The minimum atomic E-state index is 0.123. The molecular weight excluding hydrogens is 214 g/mol. The van der Waals surface area contributed by atoms with Gasteiger partial charge in [0.05, 0.1) is 11.3 Å². The maximum atomic E-state index is 11.2. The lowest BCUT2D eigenvalue weighted by atomic mass is 10.1. The lowest BCUT2D eigenvalue weighted by Crippen LogP contribution is -2.48. The maximum absolute atomic E-state index is 11.2. The number of anilines is 1. The molecule has 0 unspecified atom stereocenters. The van der Waals surface area contributed by atoms with Crippen LogP contribution in [0.5, 0.6) is 0 Å². The fourth-order valence-corrected chi connectivity index (χ4v) is 2.11. The molecule has 0 aromatic heterocycles. The van der Waals surface area contributed by atoms with Gasteiger partial charge in [-0.05, 0) is 12.1 Å². The Morgan fingerprint density at radius 2 is 1.88 bits per heavy atom. The van der Waals surface area contributed by atoms with Gasteiger partial charge >= 0.3 is 0 Å². The van der Waals surface area contributed by atoms with E-state index in [-0.39, 0.29) is 5.91 Å². The van der Waals surface area contributed by atoms with Crippen molar-refractivity contribution in [2.75, 3.05) is 31.1 Å². The fourth-order valence-electron chi connectivity index (χ4n) is 2.11. The van der Waals surface area contributed by atoms with Crippen molar-refractivity contribution in [3.05, 3.63) is 29.8 Å². The minimum absolute atomic E-state index is 0.123. The van der Waals surface area contributed by atoms with E-state index >= 15 is 0 Å². The van der Waals surface area contributed by atoms with Crippen LogP contribution in [0.1, 0.15) is 12.5 Å². The Bertz CT molecular complexity index is 456.